The molecule has 0 unspecified atom stereocenters. The summed E-state index contributed by atoms with van der Waals surface area (Å²) in [5.41, 5.74) is 2.18. The Kier molecular flexibility index (Phi) is 5.29. The molecule has 1 aliphatic heterocycles. The summed E-state index contributed by atoms with van der Waals surface area (Å²) in [6, 6.07) is 20.9. The minimum Gasteiger partial charge on any atom is -0.457 e. The first-order chi connectivity index (χ1) is 14.4. The molecule has 0 saturated carbocycles. The number of rotatable bonds is 5. The molecule has 7 heteroatoms. The first kappa shape index (κ1) is 19.7. The Bertz CT molecular complexity index is 1230. The first-order valence-electron chi connectivity index (χ1n) is 9.36. The number of benzene rings is 3. The van der Waals surface area contributed by atoms with Gasteiger partial charge in [0.1, 0.15) is 11.5 Å². The fourth-order valence-corrected chi connectivity index (χ4v) is 4.04. The summed E-state index contributed by atoms with van der Waals surface area (Å²) in [5, 5.41) is 0.900. The molecule has 0 amide bonds. The van der Waals surface area contributed by atoms with E-state index < -0.39 is 16.0 Å². The quantitative estimate of drug-likeness (QED) is 0.590. The molecule has 152 valence electrons. The Morgan fingerprint density at radius 2 is 1.70 bits per heavy atom. The molecule has 1 aliphatic rings. The van der Waals surface area contributed by atoms with Crippen LogP contribution in [0, 0.1) is 0 Å². The highest BCUT2D eigenvalue weighted by Gasteiger charge is 2.25. The fourth-order valence-electron chi connectivity index (χ4n) is 3.04. The Labute approximate surface area is 174 Å². The van der Waals surface area contributed by atoms with Crippen LogP contribution in [0.1, 0.15) is 28.4 Å². The highest BCUT2D eigenvalue weighted by atomic mass is 32.2. The molecule has 4 rings (SSSR count). The van der Waals surface area contributed by atoms with Gasteiger partial charge in [-0.3, -0.25) is 4.72 Å². The Balaban J connectivity index is 1.66. The summed E-state index contributed by atoms with van der Waals surface area (Å²) in [7, 11) is -3.78. The third-order valence-corrected chi connectivity index (χ3v) is 5.55. The molecule has 1 N–H and O–H groups in total. The van der Waals surface area contributed by atoms with E-state index in [1.807, 2.05) is 24.3 Å². The summed E-state index contributed by atoms with van der Waals surface area (Å²) in [5.74, 6) is 0.444. The van der Waals surface area contributed by atoms with Crippen molar-refractivity contribution in [3.63, 3.8) is 0 Å². The van der Waals surface area contributed by atoms with Crippen LogP contribution in [0.2, 0.25) is 0 Å². The molecule has 0 fully saturated rings. The maximum atomic E-state index is 12.5. The van der Waals surface area contributed by atoms with Gasteiger partial charge in [-0.2, -0.15) is 0 Å². The van der Waals surface area contributed by atoms with E-state index >= 15 is 0 Å². The topological polar surface area (TPSA) is 81.7 Å². The van der Waals surface area contributed by atoms with Crippen LogP contribution in [0.4, 0.5) is 5.69 Å². The number of aryl methyl sites for hydroxylation is 1. The lowest BCUT2D eigenvalue weighted by atomic mass is 10.1. The number of fused-ring (bicyclic) bond motifs is 1. The predicted octanol–water partition coefficient (Wildman–Crippen LogP) is 4.95. The van der Waals surface area contributed by atoms with Crippen molar-refractivity contribution in [3.05, 3.63) is 94.9 Å². The van der Waals surface area contributed by atoms with Crippen LogP contribution in [0.3, 0.4) is 0 Å². The SMILES string of the molecule is CCc1cccc(Oc2ccc3c(c2)C(OC(=O)c2ccccc2)=CS(=O)(=O)N3)c1. The zero-order chi connectivity index (χ0) is 21.1. The second kappa shape index (κ2) is 8.04. The predicted molar refractivity (Wildman–Crippen MR) is 115 cm³/mol. The first-order valence-corrected chi connectivity index (χ1v) is 10.9. The lowest BCUT2D eigenvalue weighted by Crippen LogP contribution is -2.18. The Hall–Kier alpha value is -3.58. The summed E-state index contributed by atoms with van der Waals surface area (Å²) < 4.78 is 38.2. The lowest BCUT2D eigenvalue weighted by Gasteiger charge is -2.20. The Morgan fingerprint density at radius 3 is 2.47 bits per heavy atom. The number of nitrogens with one attached hydrogen (secondary N) is 1. The highest BCUT2D eigenvalue weighted by Crippen LogP contribution is 2.36. The number of sulfonamides is 1. The fraction of sp³-hybridized carbons (Fsp3) is 0.0870. The average molecular weight is 421 g/mol. The molecule has 1 heterocycles. The van der Waals surface area contributed by atoms with Crippen LogP contribution in [-0.4, -0.2) is 14.4 Å². The average Bonchev–Trinajstić information content (AvgIpc) is 2.74. The molecule has 3 aromatic carbocycles. The number of hydrogen-bond donors (Lipinski definition) is 1. The molecule has 0 radical (unpaired) electrons. The normalized spacial score (nSPS) is 14.1. The van der Waals surface area contributed by atoms with Gasteiger partial charge in [-0.15, -0.1) is 0 Å². The van der Waals surface area contributed by atoms with Crippen molar-refractivity contribution in [1.29, 1.82) is 0 Å². The Morgan fingerprint density at radius 1 is 0.933 bits per heavy atom. The third-order valence-electron chi connectivity index (χ3n) is 4.53. The molecular weight excluding hydrogens is 402 g/mol. The standard InChI is InChI=1S/C23H19NO5S/c1-2-16-7-6-10-18(13-16)28-19-11-12-21-20(14-19)22(15-30(26,27)24-21)29-23(25)17-8-4-3-5-9-17/h3-15,24H,2H2,1H3. The van der Waals surface area contributed by atoms with Crippen molar-refractivity contribution in [2.24, 2.45) is 0 Å². The summed E-state index contributed by atoms with van der Waals surface area (Å²) >= 11 is 0. The zero-order valence-corrected chi connectivity index (χ0v) is 17.0. The number of anilines is 1. The van der Waals surface area contributed by atoms with Crippen LogP contribution in [0.25, 0.3) is 5.76 Å². The van der Waals surface area contributed by atoms with E-state index in [1.54, 1.807) is 48.5 Å². The van der Waals surface area contributed by atoms with Crippen LogP contribution in [-0.2, 0) is 21.2 Å². The van der Waals surface area contributed by atoms with Crippen LogP contribution >= 0.6 is 0 Å². The monoisotopic (exact) mass is 421 g/mol. The third kappa shape index (κ3) is 4.36. The van der Waals surface area contributed by atoms with E-state index in [0.29, 0.717) is 28.3 Å². The van der Waals surface area contributed by atoms with Crippen molar-refractivity contribution in [3.8, 4) is 11.5 Å². The molecule has 3 aromatic rings. The largest absolute Gasteiger partial charge is 0.457 e. The number of carbonyl (C=O) groups excluding carboxylic acids is 1. The molecule has 0 bridgehead atoms. The maximum Gasteiger partial charge on any atom is 0.343 e. The van der Waals surface area contributed by atoms with E-state index in [2.05, 4.69) is 11.6 Å². The van der Waals surface area contributed by atoms with Crippen LogP contribution in [0.5, 0.6) is 11.5 Å². The molecule has 0 aliphatic carbocycles. The molecule has 6 nitrogen and oxygen atoms in total. The van der Waals surface area contributed by atoms with Gasteiger partial charge in [0.2, 0.25) is 0 Å². The van der Waals surface area contributed by atoms with Gasteiger partial charge >= 0.3 is 5.97 Å². The highest BCUT2D eigenvalue weighted by molar-refractivity contribution is 7.95. The van der Waals surface area contributed by atoms with Gasteiger partial charge in [0, 0.05) is 5.56 Å². The van der Waals surface area contributed by atoms with Crippen LogP contribution < -0.4 is 9.46 Å². The molecule has 0 spiro atoms. The number of ether oxygens (including phenoxy) is 2. The zero-order valence-electron chi connectivity index (χ0n) is 16.2. The molecule has 30 heavy (non-hydrogen) atoms. The van der Waals surface area contributed by atoms with Crippen molar-refractivity contribution in [2.75, 3.05) is 4.72 Å². The van der Waals surface area contributed by atoms with Gasteiger partial charge in [-0.1, -0.05) is 37.3 Å². The van der Waals surface area contributed by atoms with Gasteiger partial charge in [0.15, 0.2) is 5.76 Å². The second-order valence-corrected chi connectivity index (χ2v) is 8.22. The number of carbonyl (C=O) groups is 1. The van der Waals surface area contributed by atoms with E-state index in [-0.39, 0.29) is 5.76 Å². The molecule has 0 saturated heterocycles. The molecule has 0 aromatic heterocycles. The minimum absolute atomic E-state index is 0.0645. The van der Waals surface area contributed by atoms with Crippen molar-refractivity contribution < 1.29 is 22.7 Å². The van der Waals surface area contributed by atoms with E-state index in [9.17, 15) is 13.2 Å². The smallest absolute Gasteiger partial charge is 0.343 e. The maximum absolute atomic E-state index is 12.5. The van der Waals surface area contributed by atoms with E-state index in [1.165, 1.54) is 0 Å². The lowest BCUT2D eigenvalue weighted by molar-refractivity contribution is 0.0692. The van der Waals surface area contributed by atoms with Gasteiger partial charge in [0.25, 0.3) is 10.0 Å². The summed E-state index contributed by atoms with van der Waals surface area (Å²) in [6.45, 7) is 2.06. The van der Waals surface area contributed by atoms with Gasteiger partial charge in [-0.25, -0.2) is 13.2 Å². The van der Waals surface area contributed by atoms with Crippen molar-refractivity contribution in [2.45, 2.75) is 13.3 Å². The van der Waals surface area contributed by atoms with Crippen molar-refractivity contribution in [1.82, 2.24) is 0 Å². The number of hydrogen-bond acceptors (Lipinski definition) is 5. The van der Waals surface area contributed by atoms with E-state index in [4.69, 9.17) is 9.47 Å². The van der Waals surface area contributed by atoms with E-state index in [0.717, 1.165) is 17.4 Å². The number of esters is 1. The van der Waals surface area contributed by atoms with Gasteiger partial charge in [-0.05, 0) is 54.4 Å². The van der Waals surface area contributed by atoms with Gasteiger partial charge in [0.05, 0.1) is 16.7 Å². The van der Waals surface area contributed by atoms with Crippen LogP contribution in [0.15, 0.2) is 78.2 Å². The molecule has 0 atom stereocenters. The minimum atomic E-state index is -3.78. The molecular formula is C23H19NO5S. The summed E-state index contributed by atoms with van der Waals surface area (Å²) in [4.78, 5) is 12.5. The van der Waals surface area contributed by atoms with Crippen molar-refractivity contribution >= 4 is 27.4 Å². The second-order valence-electron chi connectivity index (χ2n) is 6.70. The van der Waals surface area contributed by atoms with Gasteiger partial charge < -0.3 is 9.47 Å². The summed E-state index contributed by atoms with van der Waals surface area (Å²) in [6.07, 6.45) is 0.880.